The van der Waals surface area contributed by atoms with Crippen LogP contribution in [0.15, 0.2) is 59.7 Å². The molecule has 0 aliphatic rings. The van der Waals surface area contributed by atoms with E-state index in [1.54, 1.807) is 6.34 Å². The first-order valence-corrected chi connectivity index (χ1v) is 8.58. The van der Waals surface area contributed by atoms with E-state index in [2.05, 4.69) is 25.8 Å². The molecule has 6 nitrogen and oxygen atoms in total. The van der Waals surface area contributed by atoms with Gasteiger partial charge in [0.1, 0.15) is 5.69 Å². The number of rotatable bonds is 7. The summed E-state index contributed by atoms with van der Waals surface area (Å²) in [4.78, 5) is 6.27. The first kappa shape index (κ1) is 17.8. The maximum absolute atomic E-state index is 6.03. The standard InChI is InChI=1S/C19H21ClN6/c1-26(2)13-22-16-8-6-14(7-9-16)11-21-19-18(12-23-25-19)24-17-5-3-4-15(20)10-17/h3-10,12-13,24H,11H2,1-2H3,(H2,21,23,25). The lowest BCUT2D eigenvalue weighted by Gasteiger charge is -2.09. The maximum atomic E-state index is 6.03. The Balaban J connectivity index is 1.61. The van der Waals surface area contributed by atoms with E-state index in [1.165, 1.54) is 0 Å². The van der Waals surface area contributed by atoms with Gasteiger partial charge in [-0.15, -0.1) is 0 Å². The lowest BCUT2D eigenvalue weighted by molar-refractivity contribution is 0.643. The van der Waals surface area contributed by atoms with Gasteiger partial charge in [-0.2, -0.15) is 5.10 Å². The molecule has 0 radical (unpaired) electrons. The number of halogens is 1. The van der Waals surface area contributed by atoms with Crippen molar-refractivity contribution in [2.24, 2.45) is 4.99 Å². The summed E-state index contributed by atoms with van der Waals surface area (Å²) in [6, 6.07) is 15.6. The number of aliphatic imine (C=N–C) groups is 1. The van der Waals surface area contributed by atoms with Gasteiger partial charge in [-0.25, -0.2) is 4.99 Å². The highest BCUT2D eigenvalue weighted by Crippen LogP contribution is 2.25. The summed E-state index contributed by atoms with van der Waals surface area (Å²) in [7, 11) is 3.89. The van der Waals surface area contributed by atoms with Gasteiger partial charge in [0.15, 0.2) is 5.82 Å². The Morgan fingerprint density at radius 1 is 1.19 bits per heavy atom. The molecule has 0 amide bonds. The van der Waals surface area contributed by atoms with E-state index >= 15 is 0 Å². The van der Waals surface area contributed by atoms with Crippen LogP contribution in [0, 0.1) is 0 Å². The highest BCUT2D eigenvalue weighted by molar-refractivity contribution is 6.30. The van der Waals surface area contributed by atoms with Crippen LogP contribution in [0.1, 0.15) is 5.56 Å². The second-order valence-corrected chi connectivity index (χ2v) is 6.45. The van der Waals surface area contributed by atoms with E-state index in [-0.39, 0.29) is 0 Å². The minimum atomic E-state index is 0.659. The molecule has 0 aliphatic heterocycles. The first-order valence-electron chi connectivity index (χ1n) is 8.20. The van der Waals surface area contributed by atoms with Gasteiger partial charge in [0.05, 0.1) is 12.0 Å². The van der Waals surface area contributed by atoms with Gasteiger partial charge >= 0.3 is 0 Å². The van der Waals surface area contributed by atoms with Crippen LogP contribution in [0.3, 0.4) is 0 Å². The average molecular weight is 369 g/mol. The lowest BCUT2D eigenvalue weighted by atomic mass is 10.2. The van der Waals surface area contributed by atoms with Gasteiger partial charge in [0.25, 0.3) is 0 Å². The summed E-state index contributed by atoms with van der Waals surface area (Å²) in [6.07, 6.45) is 3.59. The number of aromatic nitrogens is 2. The van der Waals surface area contributed by atoms with Gasteiger partial charge in [-0.3, -0.25) is 5.10 Å². The maximum Gasteiger partial charge on any atom is 0.171 e. The van der Waals surface area contributed by atoms with Crippen molar-refractivity contribution in [2.75, 3.05) is 24.7 Å². The summed E-state index contributed by atoms with van der Waals surface area (Å²) in [5, 5.41) is 14.4. The van der Waals surface area contributed by atoms with Gasteiger partial charge in [-0.1, -0.05) is 29.8 Å². The van der Waals surface area contributed by atoms with Gasteiger partial charge in [0.2, 0.25) is 0 Å². The van der Waals surface area contributed by atoms with Crippen LogP contribution in [-0.4, -0.2) is 35.5 Å². The SMILES string of the molecule is CN(C)C=Nc1ccc(CNc2n[nH]cc2Nc2cccc(Cl)c2)cc1. The number of hydrogen-bond donors (Lipinski definition) is 3. The third-order valence-corrected chi connectivity index (χ3v) is 3.81. The Morgan fingerprint density at radius 3 is 2.73 bits per heavy atom. The Bertz CT molecular complexity index is 870. The zero-order valence-corrected chi connectivity index (χ0v) is 15.5. The summed E-state index contributed by atoms with van der Waals surface area (Å²) in [5.74, 6) is 0.750. The van der Waals surface area contributed by atoms with Crippen LogP contribution in [0.25, 0.3) is 0 Å². The molecular formula is C19H21ClN6. The van der Waals surface area contributed by atoms with Crippen LogP contribution < -0.4 is 10.6 Å². The van der Waals surface area contributed by atoms with Gasteiger partial charge < -0.3 is 15.5 Å². The molecule has 7 heteroatoms. The van der Waals surface area contributed by atoms with Crippen LogP contribution in [0.4, 0.5) is 22.9 Å². The normalized spacial score (nSPS) is 10.9. The van der Waals surface area contributed by atoms with Crippen molar-refractivity contribution >= 4 is 40.8 Å². The lowest BCUT2D eigenvalue weighted by Crippen LogP contribution is -2.06. The van der Waals surface area contributed by atoms with Crippen molar-refractivity contribution in [3.63, 3.8) is 0 Å². The smallest absolute Gasteiger partial charge is 0.171 e. The molecule has 3 N–H and O–H groups in total. The van der Waals surface area contributed by atoms with Crippen molar-refractivity contribution in [1.29, 1.82) is 0 Å². The van der Waals surface area contributed by atoms with Crippen LogP contribution >= 0.6 is 11.6 Å². The first-order chi connectivity index (χ1) is 12.6. The van der Waals surface area contributed by atoms with Crippen molar-refractivity contribution in [2.45, 2.75) is 6.54 Å². The van der Waals surface area contributed by atoms with Crippen molar-refractivity contribution < 1.29 is 0 Å². The Labute approximate surface area is 157 Å². The van der Waals surface area contributed by atoms with E-state index in [0.29, 0.717) is 11.6 Å². The van der Waals surface area contributed by atoms with E-state index < -0.39 is 0 Å². The highest BCUT2D eigenvalue weighted by atomic mass is 35.5. The summed E-state index contributed by atoms with van der Waals surface area (Å²) < 4.78 is 0. The fourth-order valence-corrected chi connectivity index (χ4v) is 2.50. The molecule has 26 heavy (non-hydrogen) atoms. The number of anilines is 3. The molecule has 0 aliphatic carbocycles. The van der Waals surface area contributed by atoms with Crippen molar-refractivity contribution in [3.05, 3.63) is 65.3 Å². The Kier molecular flexibility index (Phi) is 5.76. The Hall–Kier alpha value is -2.99. The van der Waals surface area contributed by atoms with Crippen LogP contribution in [0.2, 0.25) is 5.02 Å². The van der Waals surface area contributed by atoms with Gasteiger partial charge in [-0.05, 0) is 35.9 Å². The number of hydrogen-bond acceptors (Lipinski definition) is 4. The molecule has 0 saturated heterocycles. The molecule has 1 heterocycles. The minimum absolute atomic E-state index is 0.659. The molecule has 134 valence electrons. The molecule has 0 fully saturated rings. The fraction of sp³-hybridized carbons (Fsp3) is 0.158. The molecule has 0 atom stereocenters. The number of nitrogens with one attached hydrogen (secondary N) is 3. The van der Waals surface area contributed by atoms with Crippen LogP contribution in [0.5, 0.6) is 0 Å². The molecule has 0 saturated carbocycles. The predicted molar refractivity (Wildman–Crippen MR) is 109 cm³/mol. The van der Waals surface area contributed by atoms with E-state index in [0.717, 1.165) is 28.4 Å². The third-order valence-electron chi connectivity index (χ3n) is 3.58. The zero-order valence-electron chi connectivity index (χ0n) is 14.7. The molecule has 0 bridgehead atoms. The number of nitrogens with zero attached hydrogens (tertiary/aromatic N) is 3. The second-order valence-electron chi connectivity index (χ2n) is 6.01. The fourth-order valence-electron chi connectivity index (χ4n) is 2.31. The van der Waals surface area contributed by atoms with Crippen LogP contribution in [-0.2, 0) is 6.54 Å². The molecule has 3 rings (SSSR count). The molecule has 0 unspecified atom stereocenters. The average Bonchev–Trinajstić information content (AvgIpc) is 3.06. The van der Waals surface area contributed by atoms with Crippen molar-refractivity contribution in [1.82, 2.24) is 15.1 Å². The van der Waals surface area contributed by atoms with Crippen molar-refractivity contribution in [3.8, 4) is 0 Å². The minimum Gasteiger partial charge on any atom is -0.369 e. The summed E-state index contributed by atoms with van der Waals surface area (Å²) in [6.45, 7) is 0.659. The molecular weight excluding hydrogens is 348 g/mol. The highest BCUT2D eigenvalue weighted by Gasteiger charge is 2.06. The Morgan fingerprint density at radius 2 is 2.00 bits per heavy atom. The topological polar surface area (TPSA) is 68.3 Å². The molecule has 3 aromatic rings. The monoisotopic (exact) mass is 368 g/mol. The quantitative estimate of drug-likeness (QED) is 0.419. The number of benzene rings is 2. The predicted octanol–water partition coefficient (Wildman–Crippen LogP) is 4.64. The molecule has 0 spiro atoms. The molecule has 1 aromatic heterocycles. The largest absolute Gasteiger partial charge is 0.369 e. The van der Waals surface area contributed by atoms with E-state index in [1.807, 2.05) is 73.7 Å². The zero-order chi connectivity index (χ0) is 18.4. The third kappa shape index (κ3) is 5.00. The summed E-state index contributed by atoms with van der Waals surface area (Å²) >= 11 is 6.03. The van der Waals surface area contributed by atoms with E-state index in [4.69, 9.17) is 11.6 Å². The number of H-pyrrole nitrogens is 1. The summed E-state index contributed by atoms with van der Waals surface area (Å²) in [5.41, 5.74) is 3.83. The second kappa shape index (κ2) is 8.40. The van der Waals surface area contributed by atoms with E-state index in [9.17, 15) is 0 Å². The molecule has 2 aromatic carbocycles. The van der Waals surface area contributed by atoms with Gasteiger partial charge in [0, 0.05) is 37.5 Å². The number of aromatic amines is 1.